The van der Waals surface area contributed by atoms with Crippen LogP contribution < -0.4 is 0 Å². The first-order chi connectivity index (χ1) is 23.7. The molecule has 1 saturated heterocycles. The first-order valence-corrected chi connectivity index (χ1v) is 22.0. The lowest BCUT2D eigenvalue weighted by molar-refractivity contribution is -0.0868. The highest BCUT2D eigenvalue weighted by atomic mass is 15.2. The second-order valence-electron chi connectivity index (χ2n) is 20.4. The first kappa shape index (κ1) is 48.6. The molecule has 4 heterocycles. The monoisotopic (exact) mass is 727 g/mol. The lowest BCUT2D eigenvalue weighted by Crippen LogP contribution is -2.63. The van der Waals surface area contributed by atoms with Crippen LogP contribution in [0.5, 0.6) is 0 Å². The molecule has 4 aliphatic heterocycles. The summed E-state index contributed by atoms with van der Waals surface area (Å²) in [7, 11) is 0. The standard InChI is InChI=1S/C12H25N.3C12H23N/c1-9(2)12(10(3)4)7-13(8-12)11(5)6;2*1-8(2)11-7-13(10(5)6)12(11)9(3)4;1-8(2)11-7-12(9(3)4)13(11)10(5)6/h9-11H,7-8H2,1-6H3;2*8-10H,7H2,1-6H3;7-11H,1-6H3. The van der Waals surface area contributed by atoms with Gasteiger partial charge in [-0.05, 0) is 120 Å². The largest absolute Gasteiger partial charge is 0.368 e. The van der Waals surface area contributed by atoms with Crippen molar-refractivity contribution in [3.8, 4) is 0 Å². The molecule has 0 N–H and O–H groups in total. The van der Waals surface area contributed by atoms with Crippen LogP contribution in [0.1, 0.15) is 166 Å². The van der Waals surface area contributed by atoms with E-state index in [1.807, 2.05) is 0 Å². The summed E-state index contributed by atoms with van der Waals surface area (Å²) in [6.45, 7) is 60.3. The van der Waals surface area contributed by atoms with E-state index in [2.05, 4.69) is 192 Å². The van der Waals surface area contributed by atoms with Gasteiger partial charge in [0.1, 0.15) is 0 Å². The topological polar surface area (TPSA) is 13.0 Å². The fourth-order valence-corrected chi connectivity index (χ4v) is 8.72. The molecule has 0 amide bonds. The van der Waals surface area contributed by atoms with E-state index in [1.54, 1.807) is 22.5 Å². The van der Waals surface area contributed by atoms with Gasteiger partial charge in [0.2, 0.25) is 0 Å². The molecule has 4 nitrogen and oxygen atoms in total. The van der Waals surface area contributed by atoms with Gasteiger partial charge in [-0.1, -0.05) is 111 Å². The summed E-state index contributed by atoms with van der Waals surface area (Å²) < 4.78 is 0. The predicted molar refractivity (Wildman–Crippen MR) is 234 cm³/mol. The molecular formula is C48H94N4. The number of allylic oxidation sites excluding steroid dienone is 3. The summed E-state index contributed by atoms with van der Waals surface area (Å²) in [5.41, 5.74) is 8.68. The molecule has 0 aliphatic carbocycles. The molecule has 0 aromatic carbocycles. The fraction of sp³-hybridized carbons (Fsp3) is 0.875. The molecule has 0 aromatic heterocycles. The van der Waals surface area contributed by atoms with Gasteiger partial charge < -0.3 is 14.7 Å². The summed E-state index contributed by atoms with van der Waals surface area (Å²) in [6.07, 6.45) is 2.44. The maximum absolute atomic E-state index is 2.58. The van der Waals surface area contributed by atoms with Gasteiger partial charge in [0.25, 0.3) is 0 Å². The van der Waals surface area contributed by atoms with Crippen molar-refractivity contribution < 1.29 is 0 Å². The van der Waals surface area contributed by atoms with E-state index >= 15 is 0 Å². The van der Waals surface area contributed by atoms with Crippen molar-refractivity contribution in [1.29, 1.82) is 0 Å². The van der Waals surface area contributed by atoms with E-state index in [4.69, 9.17) is 0 Å². The van der Waals surface area contributed by atoms with Crippen LogP contribution in [0.3, 0.4) is 0 Å². The molecule has 4 aliphatic rings. The molecule has 1 fully saturated rings. The maximum atomic E-state index is 2.58. The van der Waals surface area contributed by atoms with E-state index in [1.165, 1.54) is 31.9 Å². The van der Waals surface area contributed by atoms with Crippen molar-refractivity contribution in [2.24, 2.45) is 52.8 Å². The van der Waals surface area contributed by atoms with Crippen LogP contribution in [0.25, 0.3) is 0 Å². The Morgan fingerprint density at radius 2 is 0.827 bits per heavy atom. The Morgan fingerprint density at radius 1 is 0.462 bits per heavy atom. The quantitative estimate of drug-likeness (QED) is 0.198. The average molecular weight is 727 g/mol. The van der Waals surface area contributed by atoms with Gasteiger partial charge in [-0.25, -0.2) is 0 Å². The van der Waals surface area contributed by atoms with Gasteiger partial charge >= 0.3 is 0 Å². The molecule has 0 bridgehead atoms. The van der Waals surface area contributed by atoms with E-state index < -0.39 is 0 Å². The zero-order valence-electron chi connectivity index (χ0n) is 39.7. The number of hydrogen-bond acceptors (Lipinski definition) is 4. The second kappa shape index (κ2) is 20.5. The van der Waals surface area contributed by atoms with Gasteiger partial charge in [0.15, 0.2) is 0 Å². The summed E-state index contributed by atoms with van der Waals surface area (Å²) in [6, 6.07) is 3.39. The number of likely N-dealkylation sites (tertiary alicyclic amines) is 1. The molecule has 0 aromatic rings. The molecule has 0 radical (unpaired) electrons. The molecular weight excluding hydrogens is 633 g/mol. The van der Waals surface area contributed by atoms with Crippen LogP contribution in [0.15, 0.2) is 34.3 Å². The average Bonchev–Trinajstić information content (AvgIpc) is 2.84. The normalized spacial score (nSPS) is 20.3. The number of rotatable bonds is 12. The Bertz CT molecular complexity index is 1080. The fourth-order valence-electron chi connectivity index (χ4n) is 8.72. The van der Waals surface area contributed by atoms with Crippen molar-refractivity contribution >= 4 is 0 Å². The number of hydrogen-bond donors (Lipinski definition) is 0. The zero-order valence-corrected chi connectivity index (χ0v) is 39.7. The van der Waals surface area contributed by atoms with Crippen molar-refractivity contribution in [2.45, 2.75) is 196 Å². The van der Waals surface area contributed by atoms with E-state index in [9.17, 15) is 0 Å². The Labute approximate surface area is 328 Å². The van der Waals surface area contributed by atoms with Crippen LogP contribution in [-0.4, -0.2) is 76.0 Å². The third kappa shape index (κ3) is 11.8. The van der Waals surface area contributed by atoms with Crippen molar-refractivity contribution in [3.05, 3.63) is 34.3 Å². The van der Waals surface area contributed by atoms with E-state index in [0.717, 1.165) is 35.6 Å². The van der Waals surface area contributed by atoms with Crippen molar-refractivity contribution in [1.82, 2.24) is 19.6 Å². The Balaban J connectivity index is 0.000000347. The van der Waals surface area contributed by atoms with Gasteiger partial charge in [-0.2, -0.15) is 0 Å². The lowest BCUT2D eigenvalue weighted by Gasteiger charge is -2.57. The predicted octanol–water partition coefficient (Wildman–Crippen LogP) is 12.8. The highest BCUT2D eigenvalue weighted by molar-refractivity contribution is 5.30. The Kier molecular flexibility index (Phi) is 19.1. The minimum atomic E-state index is 0.601. The Hall–Kier alpha value is -1.42. The molecule has 52 heavy (non-hydrogen) atoms. The van der Waals surface area contributed by atoms with Crippen molar-refractivity contribution in [2.75, 3.05) is 26.2 Å². The second-order valence-corrected chi connectivity index (χ2v) is 20.4. The summed E-state index contributed by atoms with van der Waals surface area (Å²) in [5, 5.41) is 0. The smallest absolute Gasteiger partial charge is 0.0515 e. The van der Waals surface area contributed by atoms with Gasteiger partial charge in [-0.3, -0.25) is 4.90 Å². The molecule has 4 rings (SSSR count). The molecule has 0 saturated carbocycles. The van der Waals surface area contributed by atoms with Crippen LogP contribution >= 0.6 is 0 Å². The maximum Gasteiger partial charge on any atom is 0.0515 e. The van der Waals surface area contributed by atoms with Gasteiger partial charge in [0, 0.05) is 72.9 Å². The van der Waals surface area contributed by atoms with Crippen LogP contribution in [0.4, 0.5) is 0 Å². The molecule has 306 valence electrons. The summed E-state index contributed by atoms with van der Waals surface area (Å²) in [5.74, 6) is 5.90. The third-order valence-electron chi connectivity index (χ3n) is 12.5. The van der Waals surface area contributed by atoms with Crippen LogP contribution in [0, 0.1) is 52.8 Å². The molecule has 4 heteroatoms. The minimum absolute atomic E-state index is 0.601. The summed E-state index contributed by atoms with van der Waals surface area (Å²) >= 11 is 0. The first-order valence-electron chi connectivity index (χ1n) is 22.0. The molecule has 1 atom stereocenters. The third-order valence-corrected chi connectivity index (χ3v) is 12.5. The lowest BCUT2D eigenvalue weighted by atomic mass is 9.63. The highest BCUT2D eigenvalue weighted by Crippen LogP contribution is 2.45. The van der Waals surface area contributed by atoms with Crippen LogP contribution in [0.2, 0.25) is 0 Å². The molecule has 0 spiro atoms. The van der Waals surface area contributed by atoms with Gasteiger partial charge in [-0.15, -0.1) is 0 Å². The number of nitrogens with zero attached hydrogens (tertiary/aromatic N) is 4. The minimum Gasteiger partial charge on any atom is -0.368 e. The SMILES string of the molecule is CC(C)C1=C(C(C)C)N(C(C)C)C1.CC(C)C1=C(C(C)C)N(C(C)C)C1.CC(C)C1=CC(C(C)C)N1C(C)C.CC(C)N1CC(C(C)C)(C(C)C)C1. The molecule has 1 unspecified atom stereocenters. The van der Waals surface area contributed by atoms with Gasteiger partial charge in [0.05, 0.1) is 6.04 Å². The van der Waals surface area contributed by atoms with E-state index in [-0.39, 0.29) is 0 Å². The summed E-state index contributed by atoms with van der Waals surface area (Å²) in [4.78, 5) is 10.2. The van der Waals surface area contributed by atoms with Crippen molar-refractivity contribution in [3.63, 3.8) is 0 Å². The van der Waals surface area contributed by atoms with E-state index in [0.29, 0.717) is 47.3 Å². The highest BCUT2D eigenvalue weighted by Gasteiger charge is 2.48. The Morgan fingerprint density at radius 3 is 1.04 bits per heavy atom. The van der Waals surface area contributed by atoms with Crippen LogP contribution in [-0.2, 0) is 0 Å². The zero-order chi connectivity index (χ0) is 40.7.